The molecule has 0 aliphatic carbocycles. The second kappa shape index (κ2) is 10.7. The van der Waals surface area contributed by atoms with Gasteiger partial charge in [0.05, 0.1) is 5.97 Å². The SMILES string of the molecule is O=C([O-])c1ccccc1.O=S(=O)([O-])O.[Na+].[Na+]. The zero-order valence-electron chi connectivity index (χ0n) is 8.78. The Morgan fingerprint density at radius 2 is 1.44 bits per heavy atom. The van der Waals surface area contributed by atoms with Crippen molar-refractivity contribution in [1.29, 1.82) is 0 Å². The molecular formula is C7H6Na2O6S. The molecular weight excluding hydrogens is 258 g/mol. The van der Waals surface area contributed by atoms with Gasteiger partial charge in [-0.3, -0.25) is 4.55 Å². The molecule has 0 atom stereocenters. The van der Waals surface area contributed by atoms with Crippen molar-refractivity contribution in [3.8, 4) is 0 Å². The van der Waals surface area contributed by atoms with Gasteiger partial charge in [-0.25, -0.2) is 8.42 Å². The second-order valence-electron chi connectivity index (χ2n) is 2.08. The molecule has 0 radical (unpaired) electrons. The summed E-state index contributed by atoms with van der Waals surface area (Å²) in [5, 5.41) is 10.1. The van der Waals surface area contributed by atoms with E-state index in [4.69, 9.17) is 17.5 Å². The van der Waals surface area contributed by atoms with Gasteiger partial charge in [-0.1, -0.05) is 30.3 Å². The molecule has 0 fully saturated rings. The molecule has 0 aliphatic heterocycles. The van der Waals surface area contributed by atoms with Crippen LogP contribution in [-0.2, 0) is 10.4 Å². The van der Waals surface area contributed by atoms with Crippen molar-refractivity contribution in [3.05, 3.63) is 35.9 Å². The van der Waals surface area contributed by atoms with Crippen molar-refractivity contribution in [2.45, 2.75) is 0 Å². The Morgan fingerprint density at radius 3 is 1.62 bits per heavy atom. The molecule has 1 N–H and O–H groups in total. The Balaban J connectivity index is -0.000000214. The normalized spacial score (nSPS) is 8.62. The largest absolute Gasteiger partial charge is 1.00 e. The summed E-state index contributed by atoms with van der Waals surface area (Å²) in [7, 11) is -4.92. The summed E-state index contributed by atoms with van der Waals surface area (Å²) in [6, 6.07) is 8.06. The van der Waals surface area contributed by atoms with Gasteiger partial charge in [0.2, 0.25) is 10.4 Å². The Labute approximate surface area is 137 Å². The molecule has 9 heteroatoms. The van der Waals surface area contributed by atoms with E-state index in [-0.39, 0.29) is 64.7 Å². The molecule has 0 aromatic heterocycles. The monoisotopic (exact) mass is 264 g/mol. The van der Waals surface area contributed by atoms with Crippen LogP contribution in [0, 0.1) is 0 Å². The van der Waals surface area contributed by atoms with Crippen LogP contribution in [0.15, 0.2) is 30.3 Å². The third kappa shape index (κ3) is 17.0. The van der Waals surface area contributed by atoms with Crippen LogP contribution in [-0.4, -0.2) is 23.5 Å². The van der Waals surface area contributed by atoms with E-state index in [1.165, 1.54) is 12.1 Å². The molecule has 0 amide bonds. The van der Waals surface area contributed by atoms with Gasteiger partial charge in [-0.2, -0.15) is 0 Å². The Morgan fingerprint density at radius 1 is 1.12 bits per heavy atom. The van der Waals surface area contributed by atoms with Crippen molar-refractivity contribution >= 4 is 16.4 Å². The average molecular weight is 264 g/mol. The summed E-state index contributed by atoms with van der Waals surface area (Å²) in [4.78, 5) is 10.1. The van der Waals surface area contributed by atoms with Crippen LogP contribution in [0.25, 0.3) is 0 Å². The van der Waals surface area contributed by atoms with Crippen LogP contribution < -0.4 is 64.2 Å². The second-order valence-corrected chi connectivity index (χ2v) is 2.94. The van der Waals surface area contributed by atoms with Crippen molar-refractivity contribution < 1.29 is 86.5 Å². The van der Waals surface area contributed by atoms with Crippen LogP contribution >= 0.6 is 0 Å². The smallest absolute Gasteiger partial charge is 0.726 e. The third-order valence-corrected chi connectivity index (χ3v) is 1.01. The van der Waals surface area contributed by atoms with Gasteiger partial charge in [-0.05, 0) is 5.56 Å². The van der Waals surface area contributed by atoms with Crippen molar-refractivity contribution in [2.75, 3.05) is 0 Å². The summed E-state index contributed by atoms with van der Waals surface area (Å²) in [5.74, 6) is -1.13. The van der Waals surface area contributed by atoms with Crippen LogP contribution in [0.2, 0.25) is 0 Å². The predicted octanol–water partition coefficient (Wildman–Crippen LogP) is -6.94. The third-order valence-electron chi connectivity index (χ3n) is 1.01. The Bertz CT molecular complexity index is 383. The zero-order valence-corrected chi connectivity index (χ0v) is 13.6. The van der Waals surface area contributed by atoms with E-state index in [1.54, 1.807) is 18.2 Å². The predicted molar refractivity (Wildman–Crippen MR) is 43.1 cm³/mol. The molecule has 1 aromatic carbocycles. The van der Waals surface area contributed by atoms with Crippen LogP contribution in [0.5, 0.6) is 0 Å². The standard InChI is InChI=1S/C7H6O2.2Na.H2O4S/c8-7(9)6-4-2-1-3-5-6;;;1-5(2,3)4/h1-5H,(H,8,9);;;(H2,1,2,3,4)/q;2*+1;/p-2. The molecule has 6 nitrogen and oxygen atoms in total. The number of hydrogen-bond acceptors (Lipinski definition) is 5. The first-order valence-electron chi connectivity index (χ1n) is 3.25. The fourth-order valence-corrected chi connectivity index (χ4v) is 0.574. The van der Waals surface area contributed by atoms with E-state index in [1.807, 2.05) is 0 Å². The summed E-state index contributed by atoms with van der Waals surface area (Å²) in [5.41, 5.74) is 0.220. The quantitative estimate of drug-likeness (QED) is 0.306. The fraction of sp³-hybridized carbons (Fsp3) is 0. The number of benzene rings is 1. The van der Waals surface area contributed by atoms with Gasteiger partial charge < -0.3 is 14.5 Å². The molecule has 0 bridgehead atoms. The summed E-state index contributed by atoms with van der Waals surface area (Å²) < 4.78 is 32.8. The molecule has 16 heavy (non-hydrogen) atoms. The molecule has 0 saturated heterocycles. The van der Waals surface area contributed by atoms with Crippen LogP contribution in [0.3, 0.4) is 0 Å². The minimum absolute atomic E-state index is 0. The molecule has 0 heterocycles. The zero-order chi connectivity index (χ0) is 11.2. The van der Waals surface area contributed by atoms with Crippen molar-refractivity contribution in [3.63, 3.8) is 0 Å². The summed E-state index contributed by atoms with van der Waals surface area (Å²) in [6.07, 6.45) is 0. The van der Waals surface area contributed by atoms with Gasteiger partial charge in [0, 0.05) is 0 Å². The van der Waals surface area contributed by atoms with E-state index >= 15 is 0 Å². The molecule has 0 saturated carbocycles. The molecule has 0 unspecified atom stereocenters. The minimum atomic E-state index is -4.92. The van der Waals surface area contributed by atoms with Crippen molar-refractivity contribution in [2.24, 2.45) is 0 Å². The van der Waals surface area contributed by atoms with Crippen LogP contribution in [0.1, 0.15) is 10.4 Å². The maximum absolute atomic E-state index is 10.1. The first-order valence-corrected chi connectivity index (χ1v) is 4.62. The topological polar surface area (TPSA) is 118 Å². The van der Waals surface area contributed by atoms with E-state index < -0.39 is 16.4 Å². The van der Waals surface area contributed by atoms with E-state index in [9.17, 15) is 9.90 Å². The number of carboxylic acids is 1. The maximum atomic E-state index is 10.1. The first-order chi connectivity index (χ1) is 6.30. The maximum Gasteiger partial charge on any atom is 1.00 e. The molecule has 78 valence electrons. The summed E-state index contributed by atoms with van der Waals surface area (Å²) in [6.45, 7) is 0. The van der Waals surface area contributed by atoms with Gasteiger partial charge in [0.1, 0.15) is 0 Å². The number of carbonyl (C=O) groups is 1. The van der Waals surface area contributed by atoms with Gasteiger partial charge >= 0.3 is 59.1 Å². The molecule has 1 rings (SSSR count). The van der Waals surface area contributed by atoms with Gasteiger partial charge in [0.25, 0.3) is 0 Å². The number of carbonyl (C=O) groups excluding carboxylic acids is 1. The van der Waals surface area contributed by atoms with Crippen LogP contribution in [0.4, 0.5) is 0 Å². The molecule has 0 spiro atoms. The van der Waals surface area contributed by atoms with Crippen molar-refractivity contribution in [1.82, 2.24) is 0 Å². The molecule has 0 aliphatic rings. The Hall–Kier alpha value is 0.560. The number of hydrogen-bond donors (Lipinski definition) is 1. The van der Waals surface area contributed by atoms with Gasteiger partial charge in [-0.15, -0.1) is 0 Å². The van der Waals surface area contributed by atoms with E-state index in [2.05, 4.69) is 0 Å². The average Bonchev–Trinajstić information content (AvgIpc) is 2.03. The minimum Gasteiger partial charge on any atom is -0.726 e. The number of rotatable bonds is 1. The molecule has 1 aromatic rings. The number of aromatic carboxylic acids is 1. The number of carboxylic acid groups (broad SMARTS) is 1. The summed E-state index contributed by atoms with van der Waals surface area (Å²) >= 11 is 0. The fourth-order valence-electron chi connectivity index (χ4n) is 0.574. The first kappa shape index (κ1) is 21.8. The Kier molecular flexibility index (Phi) is 14.6. The van der Waals surface area contributed by atoms with E-state index in [0.29, 0.717) is 0 Å². The van der Waals surface area contributed by atoms with Gasteiger partial charge in [0.15, 0.2) is 0 Å². The van der Waals surface area contributed by atoms with E-state index in [0.717, 1.165) is 0 Å².